The zero-order valence-electron chi connectivity index (χ0n) is 18.8. The van der Waals surface area contributed by atoms with Gasteiger partial charge in [-0.3, -0.25) is 0 Å². The first-order chi connectivity index (χ1) is 15.7. The van der Waals surface area contributed by atoms with Crippen LogP contribution >= 0.6 is 0 Å². The lowest BCUT2D eigenvalue weighted by Gasteiger charge is -2.39. The summed E-state index contributed by atoms with van der Waals surface area (Å²) in [5, 5.41) is 2.20. The fraction of sp³-hybridized carbons (Fsp3) is 0.286. The minimum absolute atomic E-state index is 0.103. The van der Waals surface area contributed by atoms with Crippen molar-refractivity contribution in [2.75, 3.05) is 6.61 Å². The van der Waals surface area contributed by atoms with Crippen molar-refractivity contribution in [1.29, 1.82) is 0 Å². The predicted octanol–water partition coefficient (Wildman–Crippen LogP) is 6.56. The Bertz CT molecular complexity index is 1090. The van der Waals surface area contributed by atoms with Crippen LogP contribution < -0.4 is 14.9 Å². The van der Waals surface area contributed by atoms with E-state index in [9.17, 15) is 0 Å². The molecular weight excluding hydrogens is 396 g/mol. The van der Waals surface area contributed by atoms with E-state index in [-0.39, 0.29) is 12.3 Å². The molecule has 0 spiro atoms. The molecule has 0 fully saturated rings. The topological polar surface area (TPSA) is 33.7 Å². The van der Waals surface area contributed by atoms with E-state index >= 15 is 0 Å². The number of fused-ring (bicyclic) bond motifs is 3. The first-order valence-corrected chi connectivity index (χ1v) is 11.5. The minimum atomic E-state index is -0.233. The second kappa shape index (κ2) is 9.09. The molecule has 0 aliphatic carbocycles. The van der Waals surface area contributed by atoms with Crippen molar-refractivity contribution >= 4 is 5.70 Å². The highest BCUT2D eigenvalue weighted by Crippen LogP contribution is 2.45. The van der Waals surface area contributed by atoms with Gasteiger partial charge in [0.15, 0.2) is 6.23 Å². The summed E-state index contributed by atoms with van der Waals surface area (Å²) in [7, 11) is 0. The van der Waals surface area contributed by atoms with Gasteiger partial charge in [0.2, 0.25) is 0 Å². The SMILES string of the molecule is CCCCCOc1ccc([C@H]2Oc3ccccc3[C@@H]3C=C(c4ccc(C)cc4)NN23)cc1. The lowest BCUT2D eigenvalue weighted by molar-refractivity contribution is -0.0326. The summed E-state index contributed by atoms with van der Waals surface area (Å²) in [5.74, 6) is 1.84. The van der Waals surface area contributed by atoms with E-state index in [0.29, 0.717) is 0 Å². The number of hydrazine groups is 1. The number of ether oxygens (including phenoxy) is 2. The summed E-state index contributed by atoms with van der Waals surface area (Å²) in [4.78, 5) is 0. The summed E-state index contributed by atoms with van der Waals surface area (Å²) in [6, 6.07) is 25.3. The van der Waals surface area contributed by atoms with Gasteiger partial charge in [-0.15, -0.1) is 0 Å². The van der Waals surface area contributed by atoms with E-state index in [1.165, 1.54) is 29.5 Å². The van der Waals surface area contributed by atoms with E-state index in [1.807, 2.05) is 18.2 Å². The van der Waals surface area contributed by atoms with Crippen LogP contribution in [0.5, 0.6) is 11.5 Å². The zero-order chi connectivity index (χ0) is 21.9. The minimum Gasteiger partial charge on any atom is -0.494 e. The maximum atomic E-state index is 6.48. The van der Waals surface area contributed by atoms with Crippen LogP contribution in [-0.2, 0) is 0 Å². The maximum absolute atomic E-state index is 6.48. The van der Waals surface area contributed by atoms with Crippen LogP contribution in [0.15, 0.2) is 78.9 Å². The van der Waals surface area contributed by atoms with Gasteiger partial charge in [-0.1, -0.05) is 79.9 Å². The second-order valence-corrected chi connectivity index (χ2v) is 8.54. The van der Waals surface area contributed by atoms with Crippen molar-refractivity contribution in [2.24, 2.45) is 0 Å². The summed E-state index contributed by atoms with van der Waals surface area (Å²) < 4.78 is 12.4. The van der Waals surface area contributed by atoms with Gasteiger partial charge in [-0.05, 0) is 43.2 Å². The first-order valence-electron chi connectivity index (χ1n) is 11.5. The predicted molar refractivity (Wildman–Crippen MR) is 128 cm³/mol. The molecule has 0 saturated heterocycles. The lowest BCUT2D eigenvalue weighted by atomic mass is 10.0. The van der Waals surface area contributed by atoms with E-state index in [0.717, 1.165) is 35.8 Å². The van der Waals surface area contributed by atoms with Crippen LogP contribution in [0.1, 0.15) is 60.7 Å². The molecule has 2 aliphatic heterocycles. The van der Waals surface area contributed by atoms with Gasteiger partial charge in [0.05, 0.1) is 18.3 Å². The smallest absolute Gasteiger partial charge is 0.195 e. The first kappa shape index (κ1) is 20.7. The third-order valence-corrected chi connectivity index (χ3v) is 6.15. The van der Waals surface area contributed by atoms with Crippen LogP contribution in [0, 0.1) is 6.92 Å². The van der Waals surface area contributed by atoms with Crippen molar-refractivity contribution in [3.63, 3.8) is 0 Å². The fourth-order valence-corrected chi connectivity index (χ4v) is 4.33. The summed E-state index contributed by atoms with van der Waals surface area (Å²) in [6.07, 6.45) is 5.55. The van der Waals surface area contributed by atoms with Gasteiger partial charge in [0, 0.05) is 11.1 Å². The molecule has 164 valence electrons. The summed E-state index contributed by atoms with van der Waals surface area (Å²) in [6.45, 7) is 5.08. The van der Waals surface area contributed by atoms with Gasteiger partial charge in [0.25, 0.3) is 0 Å². The Labute approximate surface area is 190 Å². The largest absolute Gasteiger partial charge is 0.494 e. The standard InChI is InChI=1S/C28H30N2O2/c1-3-4-7-18-31-23-16-14-22(15-17-23)28-30-26(24-8-5-6-9-27(24)32-28)19-25(29-30)21-12-10-20(2)11-13-21/h5-6,8-17,19,26,28-29H,3-4,7,18H2,1-2H3/t26-,28+/m0/s1. The molecule has 5 rings (SSSR count). The number of para-hydroxylation sites is 1. The van der Waals surface area contributed by atoms with E-state index in [2.05, 4.69) is 85.0 Å². The Morgan fingerprint density at radius 1 is 0.938 bits per heavy atom. The maximum Gasteiger partial charge on any atom is 0.195 e. The number of nitrogens with zero attached hydrogens (tertiary/aromatic N) is 1. The van der Waals surface area contributed by atoms with Crippen LogP contribution in [0.25, 0.3) is 5.70 Å². The molecular formula is C28H30N2O2. The molecule has 4 nitrogen and oxygen atoms in total. The number of benzene rings is 3. The third kappa shape index (κ3) is 4.11. The quantitative estimate of drug-likeness (QED) is 0.434. The highest BCUT2D eigenvalue weighted by molar-refractivity contribution is 5.67. The molecule has 0 saturated carbocycles. The van der Waals surface area contributed by atoms with Crippen LogP contribution in [0.2, 0.25) is 0 Å². The van der Waals surface area contributed by atoms with Crippen LogP contribution in [-0.4, -0.2) is 11.6 Å². The normalized spacial score (nSPS) is 19.4. The Morgan fingerprint density at radius 2 is 1.72 bits per heavy atom. The summed E-state index contributed by atoms with van der Waals surface area (Å²) in [5.41, 5.74) is 9.43. The molecule has 4 heteroatoms. The summed E-state index contributed by atoms with van der Waals surface area (Å²) >= 11 is 0. The van der Waals surface area contributed by atoms with Crippen molar-refractivity contribution in [3.8, 4) is 11.5 Å². The highest BCUT2D eigenvalue weighted by atomic mass is 16.5. The van der Waals surface area contributed by atoms with Gasteiger partial charge in [-0.25, -0.2) is 0 Å². The monoisotopic (exact) mass is 426 g/mol. The third-order valence-electron chi connectivity index (χ3n) is 6.15. The van der Waals surface area contributed by atoms with Crippen molar-refractivity contribution in [2.45, 2.75) is 45.4 Å². The number of hydrogen-bond donors (Lipinski definition) is 1. The van der Waals surface area contributed by atoms with E-state index in [4.69, 9.17) is 9.47 Å². The molecule has 2 aliphatic rings. The second-order valence-electron chi connectivity index (χ2n) is 8.54. The molecule has 2 heterocycles. The molecule has 0 amide bonds. The molecule has 0 bridgehead atoms. The van der Waals surface area contributed by atoms with Gasteiger partial charge in [-0.2, -0.15) is 5.01 Å². The molecule has 0 unspecified atom stereocenters. The van der Waals surface area contributed by atoms with E-state index in [1.54, 1.807) is 0 Å². The highest BCUT2D eigenvalue weighted by Gasteiger charge is 2.39. The van der Waals surface area contributed by atoms with Crippen molar-refractivity contribution in [3.05, 3.63) is 101 Å². The Balaban J connectivity index is 1.40. The zero-order valence-corrected chi connectivity index (χ0v) is 18.8. The average Bonchev–Trinajstić information content (AvgIpc) is 3.28. The molecule has 1 N–H and O–H groups in total. The van der Waals surface area contributed by atoms with Crippen molar-refractivity contribution in [1.82, 2.24) is 10.4 Å². The van der Waals surface area contributed by atoms with Gasteiger partial charge in [0.1, 0.15) is 11.5 Å². The Hall–Kier alpha value is -3.24. The number of rotatable bonds is 7. The molecule has 32 heavy (non-hydrogen) atoms. The number of nitrogens with one attached hydrogen (secondary N) is 1. The molecule has 0 radical (unpaired) electrons. The average molecular weight is 427 g/mol. The lowest BCUT2D eigenvalue weighted by Crippen LogP contribution is -2.43. The molecule has 0 aromatic heterocycles. The fourth-order valence-electron chi connectivity index (χ4n) is 4.33. The van der Waals surface area contributed by atoms with Gasteiger partial charge >= 0.3 is 0 Å². The molecule has 3 aromatic rings. The number of hydrogen-bond acceptors (Lipinski definition) is 4. The van der Waals surface area contributed by atoms with Crippen molar-refractivity contribution < 1.29 is 9.47 Å². The van der Waals surface area contributed by atoms with Gasteiger partial charge < -0.3 is 14.9 Å². The van der Waals surface area contributed by atoms with E-state index < -0.39 is 0 Å². The number of aryl methyl sites for hydroxylation is 1. The molecule has 3 aromatic carbocycles. The Kier molecular flexibility index (Phi) is 5.87. The Morgan fingerprint density at radius 3 is 2.50 bits per heavy atom. The molecule has 2 atom stereocenters. The van der Waals surface area contributed by atoms with Crippen LogP contribution in [0.4, 0.5) is 0 Å². The number of unbranched alkanes of at least 4 members (excludes halogenated alkanes) is 2. The van der Waals surface area contributed by atoms with Crippen LogP contribution in [0.3, 0.4) is 0 Å².